The van der Waals surface area contributed by atoms with Crippen LogP contribution in [0.4, 0.5) is 0 Å². The van der Waals surface area contributed by atoms with E-state index in [1.54, 1.807) is 0 Å². The normalized spacial score (nSPS) is 6.92. The largest absolute Gasteiger partial charge is 0.343 e. The van der Waals surface area contributed by atoms with E-state index in [0.717, 1.165) is 19.3 Å². The maximum absolute atomic E-state index is 3.60. The molecule has 0 nitrogen and oxygen atoms in total. The minimum Gasteiger partial charge on any atom is -0.343 e. The van der Waals surface area contributed by atoms with Crippen molar-refractivity contribution in [3.63, 3.8) is 0 Å². The first-order valence-electron chi connectivity index (χ1n) is 5.12. The van der Waals surface area contributed by atoms with Crippen molar-refractivity contribution >= 4 is 0 Å². The third kappa shape index (κ3) is 109. The monoisotopic (exact) mass is 237 g/mol. The Hall–Kier alpha value is 0.623. The van der Waals surface area contributed by atoms with E-state index in [1.165, 1.54) is 19.3 Å². The molecular weight excluding hydrogens is 210 g/mol. The molecule has 0 heterocycles. The van der Waals surface area contributed by atoms with Gasteiger partial charge in [0.25, 0.3) is 0 Å². The topological polar surface area (TPSA) is 0 Å². The van der Waals surface area contributed by atoms with E-state index in [2.05, 4.69) is 41.5 Å². The summed E-state index contributed by atoms with van der Waals surface area (Å²) in [6.45, 7) is 17.2. The second-order valence-electron chi connectivity index (χ2n) is 2.56. The zero-order valence-corrected chi connectivity index (χ0v) is 13.0. The van der Waals surface area contributed by atoms with Crippen LogP contribution in [0.5, 0.6) is 0 Å². The second-order valence-corrected chi connectivity index (χ2v) is 2.56. The zero-order chi connectivity index (χ0) is 10.2. The van der Waals surface area contributed by atoms with Crippen LogP contribution in [-0.4, -0.2) is 0 Å². The van der Waals surface area contributed by atoms with Crippen LogP contribution in [0, 0.1) is 20.8 Å². The average Bonchev–Trinajstić information content (AvgIpc) is 2.18. The molecule has 82 valence electrons. The van der Waals surface area contributed by atoms with Crippen molar-refractivity contribution < 1.29 is 20.9 Å². The van der Waals surface area contributed by atoms with E-state index in [-0.39, 0.29) is 20.9 Å². The van der Waals surface area contributed by atoms with Crippen LogP contribution in [0.1, 0.15) is 60.7 Å². The summed E-state index contributed by atoms with van der Waals surface area (Å²) in [5.74, 6) is 0. The number of unbranched alkanes of at least 4 members (excludes halogenated alkanes) is 3. The molecule has 1 heteroatoms. The van der Waals surface area contributed by atoms with Crippen LogP contribution in [0.25, 0.3) is 0 Å². The third-order valence-corrected chi connectivity index (χ3v) is 1.06. The van der Waals surface area contributed by atoms with Crippen molar-refractivity contribution in [3.8, 4) is 0 Å². The van der Waals surface area contributed by atoms with E-state index >= 15 is 0 Å². The molecule has 0 aromatic rings. The van der Waals surface area contributed by atoms with Crippen LogP contribution >= 0.6 is 0 Å². The summed E-state index contributed by atoms with van der Waals surface area (Å²) in [6.07, 6.45) is 6.83. The summed E-state index contributed by atoms with van der Waals surface area (Å²) in [4.78, 5) is 0. The molecule has 0 amide bonds. The zero-order valence-electron chi connectivity index (χ0n) is 10.1. The van der Waals surface area contributed by atoms with Crippen LogP contribution in [-0.2, 0) is 19.5 Å². The summed E-state index contributed by atoms with van der Waals surface area (Å²) < 4.78 is 0. The van der Waals surface area contributed by atoms with Gasteiger partial charge in [-0.15, -0.1) is 0 Å². The first-order valence-corrected chi connectivity index (χ1v) is 5.12. The van der Waals surface area contributed by atoms with Gasteiger partial charge in [-0.05, 0) is 0 Å². The number of hydrogen-bond acceptors (Lipinski definition) is 0. The Kier molecular flexibility index (Phi) is 70.1. The van der Waals surface area contributed by atoms with Gasteiger partial charge in [-0.1, -0.05) is 40.0 Å². The second kappa shape index (κ2) is 38.9. The minimum atomic E-state index is 0. The van der Waals surface area contributed by atoms with Crippen molar-refractivity contribution in [1.82, 2.24) is 0 Å². The first-order chi connectivity index (χ1) is 5.74. The Morgan fingerprint density at radius 2 is 0.769 bits per heavy atom. The summed E-state index contributed by atoms with van der Waals surface area (Å²) >= 11 is 0. The van der Waals surface area contributed by atoms with Gasteiger partial charge in [0.2, 0.25) is 0 Å². The molecule has 0 spiro atoms. The summed E-state index contributed by atoms with van der Waals surface area (Å²) in [7, 11) is 0. The maximum atomic E-state index is 3.60. The van der Waals surface area contributed by atoms with Crippen LogP contribution in [0.3, 0.4) is 0 Å². The van der Waals surface area contributed by atoms with E-state index in [1.807, 2.05) is 0 Å². The van der Waals surface area contributed by atoms with Gasteiger partial charge in [-0.25, -0.2) is 0 Å². The van der Waals surface area contributed by atoms with Crippen LogP contribution in [0.15, 0.2) is 0 Å². The molecule has 0 aromatic heterocycles. The van der Waals surface area contributed by atoms with Gasteiger partial charge in [0.05, 0.1) is 0 Å². The van der Waals surface area contributed by atoms with Crippen molar-refractivity contribution in [2.24, 2.45) is 0 Å². The van der Waals surface area contributed by atoms with Crippen molar-refractivity contribution in [2.45, 2.75) is 59.3 Å². The van der Waals surface area contributed by atoms with Gasteiger partial charge >= 0.3 is 0 Å². The van der Waals surface area contributed by atoms with Crippen LogP contribution < -0.4 is 0 Å². The Morgan fingerprint density at radius 1 is 0.692 bits per heavy atom. The van der Waals surface area contributed by atoms with Gasteiger partial charge < -0.3 is 20.8 Å². The Labute approximate surface area is 101 Å². The fraction of sp³-hybridized carbons (Fsp3) is 0.750. The first kappa shape index (κ1) is 23.4. The predicted molar refractivity (Wildman–Crippen MR) is 62.9 cm³/mol. The van der Waals surface area contributed by atoms with E-state index in [9.17, 15) is 0 Å². The fourth-order valence-corrected chi connectivity index (χ4v) is 0. The molecule has 0 saturated carbocycles. The van der Waals surface area contributed by atoms with Crippen LogP contribution in [0.2, 0.25) is 0 Å². The van der Waals surface area contributed by atoms with Gasteiger partial charge in [0, 0.05) is 20.9 Å². The van der Waals surface area contributed by atoms with E-state index in [4.69, 9.17) is 0 Å². The predicted octanol–water partition coefficient (Wildman–Crippen LogP) is 5.11. The molecule has 0 bridgehead atoms. The molecule has 0 aliphatic heterocycles. The molecule has 0 N–H and O–H groups in total. The van der Waals surface area contributed by atoms with E-state index < -0.39 is 0 Å². The quantitative estimate of drug-likeness (QED) is 0.474. The molecule has 13 heavy (non-hydrogen) atoms. The molecule has 0 aromatic carbocycles. The minimum absolute atomic E-state index is 0. The molecular formula is C12H29Zn-3. The van der Waals surface area contributed by atoms with E-state index in [0.29, 0.717) is 0 Å². The molecule has 0 unspecified atom stereocenters. The molecule has 0 saturated heterocycles. The van der Waals surface area contributed by atoms with Gasteiger partial charge in [0.15, 0.2) is 0 Å². The van der Waals surface area contributed by atoms with Gasteiger partial charge in [-0.2, -0.15) is 19.3 Å². The maximum Gasteiger partial charge on any atom is 0 e. The summed E-state index contributed by atoms with van der Waals surface area (Å²) in [5.41, 5.74) is 0. The third-order valence-electron chi connectivity index (χ3n) is 1.06. The summed E-state index contributed by atoms with van der Waals surface area (Å²) in [6, 6.07) is 0. The van der Waals surface area contributed by atoms with Crippen molar-refractivity contribution in [1.29, 1.82) is 0 Å². The standard InChI is InChI=1S/3C4H9.Zn.H2/c3*1-3-4-2;;/h3*1,3-4H2,2H3;;1H/q3*-1;;. The molecule has 0 atom stereocenters. The molecule has 0 aliphatic rings. The number of rotatable bonds is 3. The molecule has 0 rings (SSSR count). The van der Waals surface area contributed by atoms with Crippen molar-refractivity contribution in [3.05, 3.63) is 20.8 Å². The Balaban J connectivity index is -0.0000000270. The molecule has 0 radical (unpaired) electrons. The summed E-state index contributed by atoms with van der Waals surface area (Å²) in [5, 5.41) is 0. The number of hydrogen-bond donors (Lipinski definition) is 0. The average molecular weight is 239 g/mol. The Bertz CT molecular complexity index is 25.8. The molecule has 0 fully saturated rings. The fourth-order valence-electron chi connectivity index (χ4n) is 0. The molecule has 0 aliphatic carbocycles. The van der Waals surface area contributed by atoms with Gasteiger partial charge in [0.1, 0.15) is 0 Å². The smallest absolute Gasteiger partial charge is 0 e. The van der Waals surface area contributed by atoms with Gasteiger partial charge in [-0.3, -0.25) is 0 Å². The van der Waals surface area contributed by atoms with Crippen molar-refractivity contribution in [2.75, 3.05) is 0 Å². The SMILES string of the molecule is [CH2-]CCC.[CH2-]CCC.[CH2-]CCC.[HH].[Zn]. The Morgan fingerprint density at radius 3 is 0.769 bits per heavy atom.